The van der Waals surface area contributed by atoms with Crippen molar-refractivity contribution in [3.8, 4) is 5.75 Å². The first-order chi connectivity index (χ1) is 5.69. The molecule has 0 saturated heterocycles. The van der Waals surface area contributed by atoms with Crippen LogP contribution >= 0.6 is 0 Å². The summed E-state index contributed by atoms with van der Waals surface area (Å²) in [7, 11) is 0. The second kappa shape index (κ2) is 2.93. The molecule has 0 amide bonds. The zero-order valence-corrected chi connectivity index (χ0v) is 6.00. The van der Waals surface area contributed by atoms with E-state index in [1.807, 2.05) is 0 Å². The lowest BCUT2D eigenvalue weighted by molar-refractivity contribution is 0.469. The van der Waals surface area contributed by atoms with Crippen LogP contribution in [0.4, 0.5) is 5.69 Å². The van der Waals surface area contributed by atoms with Gasteiger partial charge in [-0.25, -0.2) is 9.59 Å². The number of hydrogen-bond donors (Lipinski definition) is 2. The van der Waals surface area contributed by atoms with E-state index in [0.717, 1.165) is 6.07 Å². The Balaban J connectivity index is 3.85. The minimum absolute atomic E-state index is 0.0170. The van der Waals surface area contributed by atoms with E-state index in [-0.39, 0.29) is 21.9 Å². The fourth-order valence-electron chi connectivity index (χ4n) is 0.819. The maximum Gasteiger partial charge on any atom is 0.138 e. The molecular formula is C8H5NO3. The third-order valence-electron chi connectivity index (χ3n) is 1.37. The Morgan fingerprint density at radius 2 is 1.92 bits per heavy atom. The van der Waals surface area contributed by atoms with Gasteiger partial charge in [0.1, 0.15) is 22.9 Å². The summed E-state index contributed by atoms with van der Waals surface area (Å²) in [6.45, 7) is 0. The van der Waals surface area contributed by atoms with Gasteiger partial charge in [0, 0.05) is 0 Å². The molecule has 3 N–H and O–H groups in total. The number of phenols is 1. The summed E-state index contributed by atoms with van der Waals surface area (Å²) in [5.74, 6) is 2.64. The molecule has 0 unspecified atom stereocenters. The molecule has 0 atom stereocenters. The lowest BCUT2D eigenvalue weighted by Crippen LogP contribution is -2.16. The molecule has 1 rings (SSSR count). The van der Waals surface area contributed by atoms with Crippen LogP contribution in [0.5, 0.6) is 5.75 Å². The Morgan fingerprint density at radius 3 is 2.33 bits per heavy atom. The standard InChI is InChI=1S/C8H5NO3/c9-7-1-5(3-10)2-8(12)6(7)4-11/h1-2,12H,9H2. The molecule has 0 radical (unpaired) electrons. The lowest BCUT2D eigenvalue weighted by atomic mass is 10.2. The zero-order chi connectivity index (χ0) is 9.14. The van der Waals surface area contributed by atoms with E-state index in [0.29, 0.717) is 0 Å². The molecule has 0 bridgehead atoms. The first kappa shape index (κ1) is 8.08. The molecule has 4 nitrogen and oxygen atoms in total. The highest BCUT2D eigenvalue weighted by atomic mass is 16.3. The first-order valence-corrected chi connectivity index (χ1v) is 3.08. The van der Waals surface area contributed by atoms with Gasteiger partial charge in [0.05, 0.1) is 10.9 Å². The molecule has 0 heterocycles. The Morgan fingerprint density at radius 1 is 1.25 bits per heavy atom. The molecule has 12 heavy (non-hydrogen) atoms. The Bertz CT molecular complexity index is 439. The second-order valence-corrected chi connectivity index (χ2v) is 2.16. The van der Waals surface area contributed by atoms with Crippen molar-refractivity contribution in [2.45, 2.75) is 0 Å². The van der Waals surface area contributed by atoms with Crippen molar-refractivity contribution < 1.29 is 14.7 Å². The summed E-state index contributed by atoms with van der Waals surface area (Å²) in [5.41, 5.74) is 5.32. The monoisotopic (exact) mass is 163 g/mol. The number of hydrogen-bond acceptors (Lipinski definition) is 4. The minimum Gasteiger partial charge on any atom is -0.506 e. The number of carbonyl (C=O) groups excluding carboxylic acids is 2. The molecule has 4 heteroatoms. The van der Waals surface area contributed by atoms with Gasteiger partial charge in [-0.3, -0.25) is 0 Å². The van der Waals surface area contributed by atoms with E-state index in [9.17, 15) is 9.59 Å². The predicted octanol–water partition coefficient (Wildman–Crippen LogP) is -2.02. The SMILES string of the molecule is Nc1cc(=C=O)cc(O)c1=C=O. The van der Waals surface area contributed by atoms with Crippen LogP contribution in [0, 0.1) is 0 Å². The molecule has 0 aliphatic heterocycles. The van der Waals surface area contributed by atoms with Crippen LogP contribution in [-0.2, 0) is 9.59 Å². The third kappa shape index (κ3) is 1.20. The van der Waals surface area contributed by atoms with Crippen molar-refractivity contribution in [3.05, 3.63) is 22.6 Å². The van der Waals surface area contributed by atoms with Gasteiger partial charge in [-0.2, -0.15) is 0 Å². The van der Waals surface area contributed by atoms with E-state index < -0.39 is 0 Å². The van der Waals surface area contributed by atoms with Crippen molar-refractivity contribution in [2.24, 2.45) is 0 Å². The van der Waals surface area contributed by atoms with Crippen LogP contribution in [0.3, 0.4) is 0 Å². The van der Waals surface area contributed by atoms with Gasteiger partial charge in [-0.05, 0) is 12.1 Å². The van der Waals surface area contributed by atoms with Crippen LogP contribution in [0.1, 0.15) is 0 Å². The third-order valence-corrected chi connectivity index (χ3v) is 1.37. The van der Waals surface area contributed by atoms with E-state index in [1.54, 1.807) is 5.94 Å². The zero-order valence-electron chi connectivity index (χ0n) is 6.00. The maximum atomic E-state index is 10.2. The average molecular weight is 163 g/mol. The normalized spacial score (nSPS) is 8.67. The largest absolute Gasteiger partial charge is 0.506 e. The Kier molecular flexibility index (Phi) is 1.97. The number of rotatable bonds is 0. The highest BCUT2D eigenvalue weighted by molar-refractivity contribution is 5.63. The molecule has 0 fully saturated rings. The molecule has 0 aromatic heterocycles. The van der Waals surface area contributed by atoms with Gasteiger partial charge in [-0.15, -0.1) is 0 Å². The van der Waals surface area contributed by atoms with Crippen molar-refractivity contribution >= 4 is 17.6 Å². The molecule has 0 spiro atoms. The number of anilines is 1. The van der Waals surface area contributed by atoms with Crippen molar-refractivity contribution in [2.75, 3.05) is 5.73 Å². The average Bonchev–Trinajstić information content (AvgIpc) is 2.03. The van der Waals surface area contributed by atoms with Crippen LogP contribution < -0.4 is 16.2 Å². The van der Waals surface area contributed by atoms with Crippen LogP contribution in [0.15, 0.2) is 12.1 Å². The van der Waals surface area contributed by atoms with E-state index in [2.05, 4.69) is 0 Å². The number of nitrogen functional groups attached to an aromatic ring is 1. The van der Waals surface area contributed by atoms with Gasteiger partial charge in [0.25, 0.3) is 0 Å². The number of phenolic OH excluding ortho intramolecular Hbond substituents is 1. The van der Waals surface area contributed by atoms with Crippen LogP contribution in [0.2, 0.25) is 0 Å². The van der Waals surface area contributed by atoms with Crippen molar-refractivity contribution in [3.63, 3.8) is 0 Å². The smallest absolute Gasteiger partial charge is 0.138 e. The van der Waals surface area contributed by atoms with Crippen LogP contribution in [-0.4, -0.2) is 17.0 Å². The highest BCUT2D eigenvalue weighted by Gasteiger charge is 1.97. The molecule has 1 aromatic carbocycles. The fraction of sp³-hybridized carbons (Fsp3) is 0. The van der Waals surface area contributed by atoms with E-state index in [1.165, 1.54) is 12.0 Å². The summed E-state index contributed by atoms with van der Waals surface area (Å²) >= 11 is 0. The molecular weight excluding hydrogens is 158 g/mol. The summed E-state index contributed by atoms with van der Waals surface area (Å²) in [5, 5.41) is 9.05. The molecule has 0 saturated carbocycles. The van der Waals surface area contributed by atoms with Gasteiger partial charge < -0.3 is 10.8 Å². The Hall–Kier alpha value is -2.02. The second-order valence-electron chi connectivity index (χ2n) is 2.16. The maximum absolute atomic E-state index is 10.2. The van der Waals surface area contributed by atoms with Crippen molar-refractivity contribution in [1.29, 1.82) is 0 Å². The molecule has 1 aromatic rings. The molecule has 0 aliphatic rings. The van der Waals surface area contributed by atoms with Gasteiger partial charge >= 0.3 is 0 Å². The fourth-order valence-corrected chi connectivity index (χ4v) is 0.819. The summed E-state index contributed by atoms with van der Waals surface area (Å²) in [6.07, 6.45) is 0. The number of aromatic hydroxyl groups is 1. The van der Waals surface area contributed by atoms with E-state index in [4.69, 9.17) is 10.8 Å². The Labute approximate surface area is 67.2 Å². The summed E-state index contributed by atoms with van der Waals surface area (Å²) < 4.78 is 0. The summed E-state index contributed by atoms with van der Waals surface area (Å²) in [6, 6.07) is 2.34. The summed E-state index contributed by atoms with van der Waals surface area (Å²) in [4.78, 5) is 20.3. The number of benzene rings is 1. The minimum atomic E-state index is -0.358. The van der Waals surface area contributed by atoms with E-state index >= 15 is 0 Å². The molecule has 0 aliphatic carbocycles. The van der Waals surface area contributed by atoms with Crippen molar-refractivity contribution in [1.82, 2.24) is 0 Å². The first-order valence-electron chi connectivity index (χ1n) is 3.08. The topological polar surface area (TPSA) is 80.4 Å². The quantitative estimate of drug-likeness (QED) is 0.433. The lowest BCUT2D eigenvalue weighted by Gasteiger charge is -1.92. The predicted molar refractivity (Wildman–Crippen MR) is 41.4 cm³/mol. The number of nitrogens with two attached hydrogens (primary N) is 1. The van der Waals surface area contributed by atoms with Gasteiger partial charge in [-0.1, -0.05) is 0 Å². The highest BCUT2D eigenvalue weighted by Crippen LogP contribution is 1.96. The van der Waals surface area contributed by atoms with Gasteiger partial charge in [0.2, 0.25) is 0 Å². The van der Waals surface area contributed by atoms with Gasteiger partial charge in [0.15, 0.2) is 0 Å². The van der Waals surface area contributed by atoms with Crippen LogP contribution in [0.25, 0.3) is 0 Å². The molecule has 60 valence electrons.